The van der Waals surface area contributed by atoms with Gasteiger partial charge in [0.05, 0.1) is 6.04 Å². The van der Waals surface area contributed by atoms with Crippen LogP contribution in [0.25, 0.3) is 0 Å². The molecule has 1 aliphatic heterocycles. The van der Waals surface area contributed by atoms with Crippen LogP contribution >= 0.6 is 0 Å². The van der Waals surface area contributed by atoms with Gasteiger partial charge in [-0.1, -0.05) is 26.1 Å². The molecule has 0 bridgehead atoms. The largest absolute Gasteiger partial charge is 0.363 e. The zero-order chi connectivity index (χ0) is 26.1. The highest BCUT2D eigenvalue weighted by molar-refractivity contribution is 5.98. The number of nitrogens with zero attached hydrogens (tertiary/aromatic N) is 6. The second-order valence-electron chi connectivity index (χ2n) is 9.54. The normalized spacial score (nSPS) is 17.2. The summed E-state index contributed by atoms with van der Waals surface area (Å²) in [6, 6.07) is 3.55. The SMILES string of the molecule is C=NCC1CCN(C(=NC(=CC(=C)C(C)N(CCC)C(=O)c2ncccc2C)N(C)C)C(=C)C)C1. The number of hydrogen-bond donors (Lipinski definition) is 0. The highest BCUT2D eigenvalue weighted by Gasteiger charge is 2.27. The van der Waals surface area contributed by atoms with E-state index in [9.17, 15) is 4.79 Å². The molecular formula is C28H42N6O. The molecule has 1 aromatic rings. The molecule has 0 saturated carbocycles. The number of carbonyl (C=O) groups excluding carboxylic acids is 1. The van der Waals surface area contributed by atoms with Crippen LogP contribution in [-0.2, 0) is 0 Å². The van der Waals surface area contributed by atoms with Crippen molar-refractivity contribution in [2.75, 3.05) is 40.3 Å². The molecule has 1 aliphatic rings. The van der Waals surface area contributed by atoms with Crippen LogP contribution in [-0.4, -0.2) is 84.5 Å². The molecule has 1 saturated heterocycles. The molecule has 0 aliphatic carbocycles. The van der Waals surface area contributed by atoms with Crippen molar-refractivity contribution in [2.24, 2.45) is 15.9 Å². The highest BCUT2D eigenvalue weighted by atomic mass is 16.2. The summed E-state index contributed by atoms with van der Waals surface area (Å²) in [4.78, 5) is 32.9. The minimum Gasteiger partial charge on any atom is -0.363 e. The lowest BCUT2D eigenvalue weighted by molar-refractivity contribution is 0.0712. The summed E-state index contributed by atoms with van der Waals surface area (Å²) in [5.74, 6) is 2.05. The lowest BCUT2D eigenvalue weighted by atomic mass is 10.1. The number of pyridine rings is 1. The fourth-order valence-electron chi connectivity index (χ4n) is 4.21. The predicted molar refractivity (Wildman–Crippen MR) is 147 cm³/mol. The first-order chi connectivity index (χ1) is 16.6. The van der Waals surface area contributed by atoms with Crippen LogP contribution in [0.4, 0.5) is 0 Å². The van der Waals surface area contributed by atoms with E-state index >= 15 is 0 Å². The summed E-state index contributed by atoms with van der Waals surface area (Å²) in [5.41, 5.74) is 3.07. The van der Waals surface area contributed by atoms with E-state index in [4.69, 9.17) is 4.99 Å². The van der Waals surface area contributed by atoms with Crippen LogP contribution in [0.1, 0.15) is 49.7 Å². The van der Waals surface area contributed by atoms with E-state index in [1.165, 1.54) is 0 Å². The number of amidine groups is 1. The van der Waals surface area contributed by atoms with Crippen molar-refractivity contribution in [2.45, 2.75) is 46.6 Å². The van der Waals surface area contributed by atoms with E-state index in [0.29, 0.717) is 18.2 Å². The third kappa shape index (κ3) is 7.38. The first kappa shape index (κ1) is 28.0. The molecule has 0 N–H and O–H groups in total. The van der Waals surface area contributed by atoms with Gasteiger partial charge in [0.25, 0.3) is 5.91 Å². The van der Waals surface area contributed by atoms with Gasteiger partial charge in [-0.15, -0.1) is 0 Å². The standard InChI is InChI=1S/C28H42N6O/c1-10-15-34(28(35)26-21(4)12-11-14-30-26)23(6)22(5)17-25(32(8)9)31-27(20(2)3)33-16-13-24(19-33)18-29-7/h11-12,14,17,23-24H,2,5,7,10,13,15-16,18-19H2,1,3-4,6,8-9H3. The zero-order valence-corrected chi connectivity index (χ0v) is 22.4. The monoisotopic (exact) mass is 478 g/mol. The third-order valence-electron chi connectivity index (χ3n) is 6.29. The Kier molecular flexibility index (Phi) is 10.4. The Balaban J connectivity index is 2.34. The maximum atomic E-state index is 13.4. The molecule has 0 radical (unpaired) electrons. The van der Waals surface area contributed by atoms with Gasteiger partial charge in [0, 0.05) is 46.5 Å². The van der Waals surface area contributed by atoms with Gasteiger partial charge in [0.2, 0.25) is 0 Å². The fourth-order valence-corrected chi connectivity index (χ4v) is 4.21. The Bertz CT molecular complexity index is 993. The number of rotatable bonds is 11. The van der Waals surface area contributed by atoms with E-state index in [-0.39, 0.29) is 11.9 Å². The molecular weight excluding hydrogens is 436 g/mol. The van der Waals surface area contributed by atoms with E-state index in [0.717, 1.165) is 60.8 Å². The number of aryl methyl sites for hydroxylation is 1. The average Bonchev–Trinajstić information content (AvgIpc) is 3.27. The fraction of sp³-hybridized carbons (Fsp3) is 0.500. The summed E-state index contributed by atoms with van der Waals surface area (Å²) in [7, 11) is 3.92. The van der Waals surface area contributed by atoms with Crippen LogP contribution in [0.3, 0.4) is 0 Å². The Morgan fingerprint density at radius 1 is 1.37 bits per heavy atom. The molecule has 1 fully saturated rings. The van der Waals surface area contributed by atoms with E-state index in [1.807, 2.05) is 62.9 Å². The summed E-state index contributed by atoms with van der Waals surface area (Å²) in [6.45, 7) is 23.3. The van der Waals surface area contributed by atoms with E-state index < -0.39 is 0 Å². The van der Waals surface area contributed by atoms with Crippen molar-refractivity contribution in [3.63, 3.8) is 0 Å². The number of hydrogen-bond acceptors (Lipinski definition) is 5. The summed E-state index contributed by atoms with van der Waals surface area (Å²) >= 11 is 0. The molecule has 7 nitrogen and oxygen atoms in total. The number of aromatic nitrogens is 1. The smallest absolute Gasteiger partial charge is 0.273 e. The minimum atomic E-state index is -0.211. The molecule has 2 unspecified atom stereocenters. The quantitative estimate of drug-likeness (QED) is 0.265. The van der Waals surface area contributed by atoms with Crippen molar-refractivity contribution >= 4 is 18.5 Å². The van der Waals surface area contributed by atoms with Crippen molar-refractivity contribution in [3.05, 3.63) is 65.8 Å². The molecule has 0 aromatic carbocycles. The van der Waals surface area contributed by atoms with Gasteiger partial charge in [0.15, 0.2) is 0 Å². The van der Waals surface area contributed by atoms with Gasteiger partial charge in [-0.2, -0.15) is 0 Å². The Hall–Kier alpha value is -3.22. The van der Waals surface area contributed by atoms with Crippen LogP contribution < -0.4 is 0 Å². The van der Waals surface area contributed by atoms with Gasteiger partial charge in [0.1, 0.15) is 17.4 Å². The molecule has 0 spiro atoms. The molecule has 1 amide bonds. The van der Waals surface area contributed by atoms with Crippen molar-refractivity contribution in [1.82, 2.24) is 19.7 Å². The number of carbonyl (C=O) groups is 1. The van der Waals surface area contributed by atoms with E-state index in [2.05, 4.69) is 41.7 Å². The second kappa shape index (κ2) is 13.0. The molecule has 2 atom stereocenters. The summed E-state index contributed by atoms with van der Waals surface area (Å²) in [5, 5.41) is 0. The minimum absolute atomic E-state index is 0.0801. The van der Waals surface area contributed by atoms with Gasteiger partial charge in [-0.3, -0.25) is 9.78 Å². The Morgan fingerprint density at radius 3 is 2.66 bits per heavy atom. The Labute approximate surface area is 211 Å². The van der Waals surface area contributed by atoms with E-state index in [1.54, 1.807) is 6.20 Å². The van der Waals surface area contributed by atoms with Gasteiger partial charge in [-0.25, -0.2) is 4.99 Å². The second-order valence-corrected chi connectivity index (χ2v) is 9.54. The number of amides is 1. The van der Waals surface area contributed by atoms with Gasteiger partial charge < -0.3 is 19.7 Å². The predicted octanol–water partition coefficient (Wildman–Crippen LogP) is 4.59. The topological polar surface area (TPSA) is 64.4 Å². The Morgan fingerprint density at radius 2 is 2.09 bits per heavy atom. The van der Waals surface area contributed by atoms with Gasteiger partial charge in [-0.05, 0) is 75.1 Å². The van der Waals surface area contributed by atoms with Gasteiger partial charge >= 0.3 is 0 Å². The van der Waals surface area contributed by atoms with Crippen molar-refractivity contribution in [1.29, 1.82) is 0 Å². The molecule has 7 heteroatoms. The first-order valence-electron chi connectivity index (χ1n) is 12.3. The third-order valence-corrected chi connectivity index (χ3v) is 6.29. The summed E-state index contributed by atoms with van der Waals surface area (Å²) in [6.07, 6.45) is 5.54. The molecule has 35 heavy (non-hydrogen) atoms. The van der Waals surface area contributed by atoms with Crippen molar-refractivity contribution < 1.29 is 4.79 Å². The first-order valence-corrected chi connectivity index (χ1v) is 12.3. The molecule has 190 valence electrons. The average molecular weight is 479 g/mol. The lowest BCUT2D eigenvalue weighted by Gasteiger charge is -2.30. The van der Waals surface area contributed by atoms with Crippen molar-refractivity contribution in [3.8, 4) is 0 Å². The molecule has 1 aromatic heterocycles. The maximum absolute atomic E-state index is 13.4. The number of likely N-dealkylation sites (tertiary alicyclic amines) is 1. The molecule has 2 heterocycles. The van der Waals surface area contributed by atoms with Crippen LogP contribution in [0.2, 0.25) is 0 Å². The lowest BCUT2D eigenvalue weighted by Crippen LogP contribution is -2.40. The van der Waals surface area contributed by atoms with Crippen LogP contribution in [0.15, 0.2) is 64.5 Å². The van der Waals surface area contributed by atoms with Crippen LogP contribution in [0, 0.1) is 12.8 Å². The zero-order valence-electron chi connectivity index (χ0n) is 22.4. The van der Waals surface area contributed by atoms with Crippen LogP contribution in [0.5, 0.6) is 0 Å². The maximum Gasteiger partial charge on any atom is 0.273 e. The summed E-state index contributed by atoms with van der Waals surface area (Å²) < 4.78 is 0. The molecule has 2 rings (SSSR count). The highest BCUT2D eigenvalue weighted by Crippen LogP contribution is 2.22. The number of aliphatic imine (C=N–C) groups is 2.